The molecule has 2 nitrogen and oxygen atoms in total. The Balaban J connectivity index is 3.09. The van der Waals surface area contributed by atoms with Gasteiger partial charge >= 0.3 is 0 Å². The second-order valence-electron chi connectivity index (χ2n) is 3.96. The van der Waals surface area contributed by atoms with E-state index in [4.69, 9.17) is 10.5 Å². The third kappa shape index (κ3) is 2.96. The van der Waals surface area contributed by atoms with Crippen molar-refractivity contribution < 1.29 is 4.74 Å². The smallest absolute Gasteiger partial charge is 0.125 e. The van der Waals surface area contributed by atoms with E-state index in [-0.39, 0.29) is 0 Å². The molecule has 0 aliphatic carbocycles. The number of rotatable bonds is 5. The molecule has 0 saturated heterocycles. The molecule has 0 aliphatic rings. The van der Waals surface area contributed by atoms with E-state index in [2.05, 4.69) is 32.0 Å². The van der Waals surface area contributed by atoms with E-state index in [0.717, 1.165) is 12.2 Å². The third-order valence-electron chi connectivity index (χ3n) is 2.45. The van der Waals surface area contributed by atoms with Crippen LogP contribution in [0.1, 0.15) is 37.8 Å². The highest BCUT2D eigenvalue weighted by molar-refractivity contribution is 5.43. The van der Waals surface area contributed by atoms with Crippen LogP contribution in [0, 0.1) is 0 Å². The van der Waals surface area contributed by atoms with Crippen molar-refractivity contribution in [3.63, 3.8) is 0 Å². The van der Waals surface area contributed by atoms with Crippen LogP contribution in [0.3, 0.4) is 0 Å². The van der Waals surface area contributed by atoms with E-state index in [1.54, 1.807) is 0 Å². The Morgan fingerprint density at radius 3 is 2.60 bits per heavy atom. The number of hydrogen-bond acceptors (Lipinski definition) is 2. The van der Waals surface area contributed by atoms with Crippen LogP contribution in [0.2, 0.25) is 0 Å². The van der Waals surface area contributed by atoms with Crippen molar-refractivity contribution in [3.05, 3.63) is 29.3 Å². The Hall–Kier alpha value is -1.02. The first-order valence-corrected chi connectivity index (χ1v) is 5.65. The monoisotopic (exact) mass is 207 g/mol. The lowest BCUT2D eigenvalue weighted by atomic mass is 9.98. The van der Waals surface area contributed by atoms with Crippen LogP contribution in [-0.2, 0) is 6.42 Å². The highest BCUT2D eigenvalue weighted by Crippen LogP contribution is 2.30. The summed E-state index contributed by atoms with van der Waals surface area (Å²) < 4.78 is 5.73. The van der Waals surface area contributed by atoms with Gasteiger partial charge in [0.05, 0.1) is 6.61 Å². The van der Waals surface area contributed by atoms with Gasteiger partial charge in [0.25, 0.3) is 0 Å². The molecule has 0 amide bonds. The van der Waals surface area contributed by atoms with Gasteiger partial charge in [-0.25, -0.2) is 0 Å². The maximum absolute atomic E-state index is 5.73. The zero-order chi connectivity index (χ0) is 11.3. The van der Waals surface area contributed by atoms with Gasteiger partial charge in [-0.3, -0.25) is 0 Å². The van der Waals surface area contributed by atoms with E-state index >= 15 is 0 Å². The number of benzene rings is 1. The number of ether oxygens (including phenoxy) is 1. The third-order valence-corrected chi connectivity index (χ3v) is 2.45. The summed E-state index contributed by atoms with van der Waals surface area (Å²) in [6, 6.07) is 6.32. The Labute approximate surface area is 92.4 Å². The van der Waals surface area contributed by atoms with Crippen LogP contribution in [0.25, 0.3) is 0 Å². The summed E-state index contributed by atoms with van der Waals surface area (Å²) in [7, 11) is 0. The van der Waals surface area contributed by atoms with Gasteiger partial charge in [0.1, 0.15) is 5.75 Å². The maximum atomic E-state index is 5.73. The lowest BCUT2D eigenvalue weighted by Gasteiger charge is -2.16. The largest absolute Gasteiger partial charge is 0.493 e. The van der Waals surface area contributed by atoms with Gasteiger partial charge < -0.3 is 10.5 Å². The molecule has 0 unspecified atom stereocenters. The molecular weight excluding hydrogens is 186 g/mol. The minimum absolute atomic E-state index is 0.490. The lowest BCUT2D eigenvalue weighted by molar-refractivity contribution is 0.331. The Morgan fingerprint density at radius 1 is 1.33 bits per heavy atom. The fourth-order valence-electron chi connectivity index (χ4n) is 1.73. The second-order valence-corrected chi connectivity index (χ2v) is 3.96. The molecule has 0 aliphatic heterocycles. The molecule has 0 atom stereocenters. The minimum atomic E-state index is 0.490. The maximum Gasteiger partial charge on any atom is 0.125 e. The summed E-state index contributed by atoms with van der Waals surface area (Å²) in [5, 5.41) is 0. The van der Waals surface area contributed by atoms with Gasteiger partial charge in [-0.1, -0.05) is 32.0 Å². The van der Waals surface area contributed by atoms with Crippen LogP contribution in [0.15, 0.2) is 18.2 Å². The van der Waals surface area contributed by atoms with E-state index < -0.39 is 0 Å². The molecule has 0 saturated carbocycles. The lowest BCUT2D eigenvalue weighted by Crippen LogP contribution is -2.07. The molecule has 2 N–H and O–H groups in total. The van der Waals surface area contributed by atoms with Gasteiger partial charge in [0.15, 0.2) is 0 Å². The molecule has 0 fully saturated rings. The standard InChI is InChI=1S/C13H21NO/c1-4-15-13-11(8-9-14)6-5-7-12(13)10(2)3/h5-7,10H,4,8-9,14H2,1-3H3. The topological polar surface area (TPSA) is 35.2 Å². The fraction of sp³-hybridized carbons (Fsp3) is 0.538. The fourth-order valence-corrected chi connectivity index (χ4v) is 1.73. The van der Waals surface area contributed by atoms with E-state index in [1.165, 1.54) is 11.1 Å². The Morgan fingerprint density at radius 2 is 2.07 bits per heavy atom. The summed E-state index contributed by atoms with van der Waals surface area (Å²) in [5.74, 6) is 1.53. The predicted octanol–water partition coefficient (Wildman–Crippen LogP) is 2.71. The summed E-state index contributed by atoms with van der Waals surface area (Å²) >= 11 is 0. The molecule has 84 valence electrons. The second kappa shape index (κ2) is 5.76. The molecule has 2 heteroatoms. The van der Waals surface area contributed by atoms with Crippen molar-refractivity contribution in [1.82, 2.24) is 0 Å². The van der Waals surface area contributed by atoms with Crippen LogP contribution in [0.4, 0.5) is 0 Å². The van der Waals surface area contributed by atoms with Gasteiger partial charge in [-0.2, -0.15) is 0 Å². The van der Waals surface area contributed by atoms with Gasteiger partial charge in [0, 0.05) is 0 Å². The molecule has 0 aromatic heterocycles. The summed E-state index contributed by atoms with van der Waals surface area (Å²) in [6.45, 7) is 7.76. The highest BCUT2D eigenvalue weighted by atomic mass is 16.5. The molecular formula is C13H21NO. The van der Waals surface area contributed by atoms with E-state index in [1.807, 2.05) is 6.92 Å². The Bertz CT molecular complexity index is 307. The van der Waals surface area contributed by atoms with Gasteiger partial charge in [0.2, 0.25) is 0 Å². The van der Waals surface area contributed by atoms with E-state index in [9.17, 15) is 0 Å². The van der Waals surface area contributed by atoms with Crippen molar-refractivity contribution in [2.24, 2.45) is 5.73 Å². The predicted molar refractivity (Wildman–Crippen MR) is 64.5 cm³/mol. The first-order chi connectivity index (χ1) is 7.20. The first-order valence-electron chi connectivity index (χ1n) is 5.65. The van der Waals surface area contributed by atoms with Gasteiger partial charge in [-0.15, -0.1) is 0 Å². The summed E-state index contributed by atoms with van der Waals surface area (Å²) in [4.78, 5) is 0. The van der Waals surface area contributed by atoms with Crippen LogP contribution in [0.5, 0.6) is 5.75 Å². The molecule has 0 radical (unpaired) electrons. The molecule has 15 heavy (non-hydrogen) atoms. The van der Waals surface area contributed by atoms with Crippen LogP contribution >= 0.6 is 0 Å². The van der Waals surface area contributed by atoms with Crippen LogP contribution < -0.4 is 10.5 Å². The van der Waals surface area contributed by atoms with Crippen molar-refractivity contribution in [3.8, 4) is 5.75 Å². The summed E-state index contributed by atoms with van der Waals surface area (Å²) in [5.41, 5.74) is 8.10. The number of nitrogens with two attached hydrogens (primary N) is 1. The molecule has 0 bridgehead atoms. The minimum Gasteiger partial charge on any atom is -0.493 e. The van der Waals surface area contributed by atoms with E-state index in [0.29, 0.717) is 19.1 Å². The zero-order valence-corrected chi connectivity index (χ0v) is 9.92. The first kappa shape index (κ1) is 12.1. The van der Waals surface area contributed by atoms with Crippen molar-refractivity contribution >= 4 is 0 Å². The van der Waals surface area contributed by atoms with Gasteiger partial charge in [-0.05, 0) is 36.9 Å². The molecule has 0 spiro atoms. The Kier molecular flexibility index (Phi) is 4.63. The quantitative estimate of drug-likeness (QED) is 0.805. The average Bonchev–Trinajstić information content (AvgIpc) is 2.21. The van der Waals surface area contributed by atoms with Crippen molar-refractivity contribution in [2.45, 2.75) is 33.1 Å². The SMILES string of the molecule is CCOc1c(CCN)cccc1C(C)C. The summed E-state index contributed by atoms with van der Waals surface area (Å²) in [6.07, 6.45) is 0.885. The number of hydrogen-bond donors (Lipinski definition) is 1. The zero-order valence-electron chi connectivity index (χ0n) is 9.92. The molecule has 1 rings (SSSR count). The van der Waals surface area contributed by atoms with Crippen molar-refractivity contribution in [2.75, 3.05) is 13.2 Å². The normalized spacial score (nSPS) is 10.7. The molecule has 0 heterocycles. The number of para-hydroxylation sites is 1. The van der Waals surface area contributed by atoms with Crippen molar-refractivity contribution in [1.29, 1.82) is 0 Å². The molecule has 1 aromatic rings. The molecule has 1 aromatic carbocycles. The highest BCUT2D eigenvalue weighted by Gasteiger charge is 2.11. The average molecular weight is 207 g/mol. The van der Waals surface area contributed by atoms with Crippen LogP contribution in [-0.4, -0.2) is 13.2 Å².